The molecule has 5 rings (SSSR count). The molecule has 9 heteroatoms. The van der Waals surface area contributed by atoms with E-state index in [0.29, 0.717) is 22.7 Å². The Morgan fingerprint density at radius 2 is 1.67 bits per heavy atom. The summed E-state index contributed by atoms with van der Waals surface area (Å²) in [5.74, 6) is 0.465. The second kappa shape index (κ2) is 11.6. The van der Waals surface area contributed by atoms with E-state index in [0.717, 1.165) is 42.3 Å². The molecule has 3 aromatic carbocycles. The van der Waals surface area contributed by atoms with Crippen LogP contribution in [0.15, 0.2) is 66.7 Å². The van der Waals surface area contributed by atoms with Crippen molar-refractivity contribution in [1.29, 1.82) is 0 Å². The number of methoxy groups -OCH3 is 2. The maximum atomic E-state index is 14.3. The molecule has 1 fully saturated rings. The molecule has 1 heterocycles. The molecule has 9 nitrogen and oxygen atoms in total. The quantitative estimate of drug-likeness (QED) is 0.342. The molecular weight excluding hydrogens is 494 g/mol. The molecule has 0 radical (unpaired) electrons. The van der Waals surface area contributed by atoms with Gasteiger partial charge in [-0.3, -0.25) is 14.5 Å². The van der Waals surface area contributed by atoms with Gasteiger partial charge in [-0.25, -0.2) is 4.68 Å². The average molecular weight is 528 g/mol. The minimum atomic E-state index is -0.925. The van der Waals surface area contributed by atoms with E-state index in [1.165, 1.54) is 4.90 Å². The van der Waals surface area contributed by atoms with Crippen molar-refractivity contribution in [3.8, 4) is 11.5 Å². The molecule has 1 atom stereocenters. The Labute approximate surface area is 227 Å². The summed E-state index contributed by atoms with van der Waals surface area (Å²) >= 11 is 0. The first-order valence-corrected chi connectivity index (χ1v) is 13.2. The molecule has 0 saturated heterocycles. The van der Waals surface area contributed by atoms with Crippen LogP contribution in [-0.4, -0.2) is 47.1 Å². The first-order valence-electron chi connectivity index (χ1n) is 13.2. The fourth-order valence-electron chi connectivity index (χ4n) is 5.25. The van der Waals surface area contributed by atoms with Crippen molar-refractivity contribution in [1.82, 2.24) is 20.3 Å². The fraction of sp³-hybridized carbons (Fsp3) is 0.333. The molecule has 2 amide bonds. The van der Waals surface area contributed by atoms with Gasteiger partial charge < -0.3 is 14.8 Å². The van der Waals surface area contributed by atoms with Gasteiger partial charge in [0.2, 0.25) is 11.8 Å². The molecule has 1 aliphatic carbocycles. The van der Waals surface area contributed by atoms with E-state index >= 15 is 0 Å². The van der Waals surface area contributed by atoms with E-state index < -0.39 is 6.04 Å². The van der Waals surface area contributed by atoms with E-state index in [9.17, 15) is 9.59 Å². The lowest BCUT2D eigenvalue weighted by Gasteiger charge is -2.33. The lowest BCUT2D eigenvalue weighted by Crippen LogP contribution is -2.47. The number of carbonyl (C=O) groups excluding carboxylic acids is 2. The number of amides is 2. The highest BCUT2D eigenvalue weighted by molar-refractivity contribution is 6.02. The van der Waals surface area contributed by atoms with Crippen LogP contribution in [0.5, 0.6) is 11.5 Å². The summed E-state index contributed by atoms with van der Waals surface area (Å²) in [6, 6.07) is 19.5. The number of benzene rings is 3. The Hall–Kier alpha value is -4.40. The number of nitrogens with zero attached hydrogens (tertiary/aromatic N) is 4. The minimum Gasteiger partial charge on any atom is -0.497 e. The van der Waals surface area contributed by atoms with Crippen LogP contribution >= 0.6 is 0 Å². The van der Waals surface area contributed by atoms with Crippen LogP contribution in [0, 0.1) is 6.92 Å². The normalized spacial score (nSPS) is 14.2. The summed E-state index contributed by atoms with van der Waals surface area (Å²) in [6.07, 6.45) is 4.01. The van der Waals surface area contributed by atoms with E-state index in [4.69, 9.17) is 9.47 Å². The van der Waals surface area contributed by atoms with E-state index in [2.05, 4.69) is 15.6 Å². The second-order valence-electron chi connectivity index (χ2n) is 9.82. The first-order chi connectivity index (χ1) is 19.0. The molecule has 4 aromatic rings. The highest BCUT2D eigenvalue weighted by Gasteiger charge is 2.36. The Bertz CT molecular complexity index is 1460. The van der Waals surface area contributed by atoms with Crippen molar-refractivity contribution in [2.45, 2.75) is 51.2 Å². The smallest absolute Gasteiger partial charge is 0.249 e. The van der Waals surface area contributed by atoms with Gasteiger partial charge in [0.15, 0.2) is 0 Å². The van der Waals surface area contributed by atoms with Crippen LogP contribution < -0.4 is 19.7 Å². The molecule has 0 aliphatic heterocycles. The van der Waals surface area contributed by atoms with Crippen molar-refractivity contribution >= 4 is 28.5 Å². The number of hydrogen-bond donors (Lipinski definition) is 1. The van der Waals surface area contributed by atoms with Crippen LogP contribution in [0.3, 0.4) is 0 Å². The zero-order valence-corrected chi connectivity index (χ0v) is 22.5. The third-order valence-corrected chi connectivity index (χ3v) is 7.28. The minimum absolute atomic E-state index is 0.0834. The van der Waals surface area contributed by atoms with Crippen LogP contribution in [0.4, 0.5) is 5.69 Å². The van der Waals surface area contributed by atoms with Gasteiger partial charge in [-0.2, -0.15) is 0 Å². The molecule has 1 aromatic heterocycles. The number of para-hydroxylation sites is 1. The Kier molecular flexibility index (Phi) is 7.76. The van der Waals surface area contributed by atoms with Gasteiger partial charge in [-0.15, -0.1) is 5.10 Å². The van der Waals surface area contributed by atoms with Crippen molar-refractivity contribution in [3.63, 3.8) is 0 Å². The largest absolute Gasteiger partial charge is 0.497 e. The summed E-state index contributed by atoms with van der Waals surface area (Å²) in [5.41, 5.74) is 3.55. The Balaban J connectivity index is 1.63. The van der Waals surface area contributed by atoms with Crippen molar-refractivity contribution in [2.24, 2.45) is 0 Å². The molecule has 1 unspecified atom stereocenters. The average Bonchev–Trinajstić information content (AvgIpc) is 3.62. The number of rotatable bonds is 9. The van der Waals surface area contributed by atoms with Gasteiger partial charge in [0.05, 0.1) is 25.4 Å². The number of nitrogens with one attached hydrogen (secondary N) is 1. The van der Waals surface area contributed by atoms with Crippen LogP contribution in [0.2, 0.25) is 0 Å². The first kappa shape index (κ1) is 26.2. The maximum Gasteiger partial charge on any atom is 0.249 e. The highest BCUT2D eigenvalue weighted by Crippen LogP contribution is 2.36. The maximum absolute atomic E-state index is 14.3. The monoisotopic (exact) mass is 527 g/mol. The molecule has 202 valence electrons. The number of aryl methyl sites for hydroxylation is 1. The highest BCUT2D eigenvalue weighted by atomic mass is 16.5. The van der Waals surface area contributed by atoms with Gasteiger partial charge in [0.25, 0.3) is 0 Å². The SMILES string of the molecule is COc1cc(OC)cc(N(C(=O)Cn2nnc3ccccc32)C(C(=O)NC2CCCC2)c2ccccc2C)c1. The number of hydrogen-bond acceptors (Lipinski definition) is 6. The van der Waals surface area contributed by atoms with Crippen LogP contribution in [0.25, 0.3) is 11.0 Å². The van der Waals surface area contributed by atoms with Gasteiger partial charge in [-0.05, 0) is 43.0 Å². The summed E-state index contributed by atoms with van der Waals surface area (Å²) in [7, 11) is 3.11. The molecular formula is C30H33N5O4. The number of ether oxygens (including phenoxy) is 2. The van der Waals surface area contributed by atoms with Crippen LogP contribution in [-0.2, 0) is 16.1 Å². The Morgan fingerprint density at radius 3 is 2.36 bits per heavy atom. The van der Waals surface area contributed by atoms with Crippen molar-refractivity contribution in [3.05, 3.63) is 77.9 Å². The number of fused-ring (bicyclic) bond motifs is 1. The molecule has 1 N–H and O–H groups in total. The lowest BCUT2D eigenvalue weighted by molar-refractivity contribution is -0.127. The molecule has 1 saturated carbocycles. The van der Waals surface area contributed by atoms with E-state index in [1.54, 1.807) is 37.1 Å². The summed E-state index contributed by atoms with van der Waals surface area (Å²) in [5, 5.41) is 11.7. The third kappa shape index (κ3) is 5.57. The lowest BCUT2D eigenvalue weighted by atomic mass is 9.97. The number of anilines is 1. The molecule has 0 spiro atoms. The topological polar surface area (TPSA) is 98.6 Å². The van der Waals surface area contributed by atoms with Crippen molar-refractivity contribution < 1.29 is 19.1 Å². The number of aromatic nitrogens is 3. The van der Waals surface area contributed by atoms with Crippen LogP contribution in [0.1, 0.15) is 42.9 Å². The summed E-state index contributed by atoms with van der Waals surface area (Å²) in [4.78, 5) is 29.9. The predicted octanol–water partition coefficient (Wildman–Crippen LogP) is 4.59. The third-order valence-electron chi connectivity index (χ3n) is 7.28. The fourth-order valence-corrected chi connectivity index (χ4v) is 5.25. The molecule has 39 heavy (non-hydrogen) atoms. The van der Waals surface area contributed by atoms with Gasteiger partial charge in [-0.1, -0.05) is 54.5 Å². The second-order valence-corrected chi connectivity index (χ2v) is 9.82. The Morgan fingerprint density at radius 1 is 1.00 bits per heavy atom. The molecule has 1 aliphatic rings. The van der Waals surface area contributed by atoms with Gasteiger partial charge in [0, 0.05) is 24.2 Å². The zero-order chi connectivity index (χ0) is 27.4. The summed E-state index contributed by atoms with van der Waals surface area (Å²) < 4.78 is 12.6. The van der Waals surface area contributed by atoms with E-state index in [-0.39, 0.29) is 24.4 Å². The standard InChI is InChI=1S/C30H33N5O4/c1-20-10-4-7-13-25(20)29(30(37)31-21-11-5-6-12-21)35(22-16-23(38-2)18-24(17-22)39-3)28(36)19-34-27-15-9-8-14-26(27)32-33-34/h4,7-10,13-18,21,29H,5-6,11-12,19H2,1-3H3,(H,31,37). The molecule has 0 bridgehead atoms. The predicted molar refractivity (Wildman–Crippen MR) is 149 cm³/mol. The number of carbonyl (C=O) groups is 2. The van der Waals surface area contributed by atoms with Gasteiger partial charge in [0.1, 0.15) is 29.6 Å². The zero-order valence-electron chi connectivity index (χ0n) is 22.5. The summed E-state index contributed by atoms with van der Waals surface area (Å²) in [6.45, 7) is 1.84. The van der Waals surface area contributed by atoms with Crippen molar-refractivity contribution in [2.75, 3.05) is 19.1 Å². The van der Waals surface area contributed by atoms with E-state index in [1.807, 2.05) is 55.5 Å². The van der Waals surface area contributed by atoms with Gasteiger partial charge >= 0.3 is 0 Å².